The van der Waals surface area contributed by atoms with E-state index in [2.05, 4.69) is 34.6 Å². The van der Waals surface area contributed by atoms with Gasteiger partial charge in [0.25, 0.3) is 0 Å². The van der Waals surface area contributed by atoms with Gasteiger partial charge in [-0.05, 0) is 130 Å². The quantitative estimate of drug-likeness (QED) is 0.409. The molecule has 2 aliphatic heterocycles. The first-order valence-corrected chi connectivity index (χ1v) is 16.9. The van der Waals surface area contributed by atoms with Crippen molar-refractivity contribution in [1.29, 1.82) is 0 Å². The average molecular weight is 579 g/mol. The number of benzene rings is 1. The van der Waals surface area contributed by atoms with Gasteiger partial charge in [-0.2, -0.15) is 0 Å². The number of hydroxylamine groups is 2. The van der Waals surface area contributed by atoms with Gasteiger partial charge in [-0.3, -0.25) is 4.99 Å². The summed E-state index contributed by atoms with van der Waals surface area (Å²) in [6.07, 6.45) is 11.1. The van der Waals surface area contributed by atoms with Crippen LogP contribution in [0.2, 0.25) is 0 Å². The van der Waals surface area contributed by atoms with Crippen molar-refractivity contribution in [3.05, 3.63) is 35.9 Å². The Morgan fingerprint density at radius 1 is 1.00 bits per heavy atom. The van der Waals surface area contributed by atoms with Gasteiger partial charge in [0, 0.05) is 12.3 Å². The Hall–Kier alpha value is -1.76. The van der Waals surface area contributed by atoms with Crippen LogP contribution < -0.4 is 0 Å². The molecule has 2 N–H and O–H groups in total. The highest BCUT2D eigenvalue weighted by molar-refractivity contribution is 5.89. The van der Waals surface area contributed by atoms with E-state index in [4.69, 9.17) is 9.83 Å². The van der Waals surface area contributed by atoms with Gasteiger partial charge in [0.1, 0.15) is 0 Å². The number of rotatable bonds is 4. The van der Waals surface area contributed by atoms with E-state index < -0.39 is 6.10 Å². The predicted molar refractivity (Wildman–Crippen MR) is 166 cm³/mol. The number of fused-ring (bicyclic) bond motifs is 2. The van der Waals surface area contributed by atoms with Gasteiger partial charge in [0.2, 0.25) is 0 Å². The number of hydrogen-bond acceptors (Lipinski definition) is 6. The normalized spacial score (nSPS) is 44.9. The zero-order chi connectivity index (χ0) is 29.9. The van der Waals surface area contributed by atoms with Crippen molar-refractivity contribution in [2.75, 3.05) is 6.54 Å². The van der Waals surface area contributed by atoms with Gasteiger partial charge in [0.05, 0.1) is 29.4 Å². The molecule has 11 atom stereocenters. The summed E-state index contributed by atoms with van der Waals surface area (Å²) in [7, 11) is 0. The SMILES string of the molecule is CC1=N[C@@]23CC[C@@H]4C[C@H](O)CC[C@]4(C)[C@H]2CC[C@H]3CC[C@@](C)([C@H](C)[C@H]2C(O)C[C@H](C)CN2OC(=O)c2ccccc2)C1. The summed E-state index contributed by atoms with van der Waals surface area (Å²) >= 11 is 0. The fourth-order valence-corrected chi connectivity index (χ4v) is 10.8. The summed E-state index contributed by atoms with van der Waals surface area (Å²) < 4.78 is 0. The van der Waals surface area contributed by atoms with E-state index in [-0.39, 0.29) is 46.3 Å². The maximum atomic E-state index is 13.1. The largest absolute Gasteiger partial charge is 0.393 e. The molecule has 0 radical (unpaired) electrons. The molecule has 3 aliphatic carbocycles. The van der Waals surface area contributed by atoms with Crippen LogP contribution in [0, 0.1) is 40.4 Å². The number of aliphatic imine (C=N–C) groups is 1. The van der Waals surface area contributed by atoms with Crippen LogP contribution in [-0.2, 0) is 4.84 Å². The standard InChI is InChI=1S/C36H54N2O4/c1-23-19-30(40)32(38(22-23)42-33(41)26-9-7-6-8-10-26)25(3)34(4)16-13-27-11-12-31-35(5)17-15-29(39)20-28(35)14-18-36(27,31)37-24(2)21-34/h6-10,23,25,27-32,39-40H,11-22H2,1-5H3/t23-,25+,27-,28+,29+,30?,31+,32-,34+,35-,36+/m0/s1. The molecular formula is C36H54N2O4. The van der Waals surface area contributed by atoms with Crippen LogP contribution >= 0.6 is 0 Å². The molecule has 1 aromatic rings. The lowest BCUT2D eigenvalue weighted by Crippen LogP contribution is -2.58. The summed E-state index contributed by atoms with van der Waals surface area (Å²) in [5, 5.41) is 23.8. The zero-order valence-electron chi connectivity index (χ0n) is 26.6. The fourth-order valence-electron chi connectivity index (χ4n) is 10.8. The molecule has 1 aromatic carbocycles. The minimum Gasteiger partial charge on any atom is -0.393 e. The average Bonchev–Trinajstić information content (AvgIpc) is 3.30. The second-order valence-electron chi connectivity index (χ2n) is 15.7. The molecule has 2 heterocycles. The van der Waals surface area contributed by atoms with Crippen molar-refractivity contribution < 1.29 is 19.8 Å². The lowest BCUT2D eigenvalue weighted by atomic mass is 9.49. The highest BCUT2D eigenvalue weighted by atomic mass is 16.7. The van der Waals surface area contributed by atoms with Gasteiger partial charge in [0.15, 0.2) is 0 Å². The fraction of sp³-hybridized carbons (Fsp3) is 0.778. The summed E-state index contributed by atoms with van der Waals surface area (Å²) in [4.78, 5) is 25.0. The van der Waals surface area contributed by atoms with Crippen LogP contribution in [0.4, 0.5) is 0 Å². The number of carbonyl (C=O) groups is 1. The van der Waals surface area contributed by atoms with Gasteiger partial charge in [-0.15, -0.1) is 5.06 Å². The molecule has 0 bridgehead atoms. The van der Waals surface area contributed by atoms with Gasteiger partial charge in [-0.1, -0.05) is 45.9 Å². The van der Waals surface area contributed by atoms with E-state index in [9.17, 15) is 15.0 Å². The number of hydrogen-bond donors (Lipinski definition) is 2. The molecule has 232 valence electrons. The minimum absolute atomic E-state index is 0.0548. The van der Waals surface area contributed by atoms with E-state index in [0.29, 0.717) is 29.9 Å². The first-order chi connectivity index (χ1) is 19.9. The molecular weight excluding hydrogens is 524 g/mol. The molecule has 6 heteroatoms. The Morgan fingerprint density at radius 3 is 2.50 bits per heavy atom. The van der Waals surface area contributed by atoms with Crippen LogP contribution in [0.25, 0.3) is 0 Å². The second kappa shape index (κ2) is 11.3. The van der Waals surface area contributed by atoms with Crippen molar-refractivity contribution in [3.63, 3.8) is 0 Å². The first kappa shape index (κ1) is 30.3. The van der Waals surface area contributed by atoms with Crippen LogP contribution in [0.1, 0.15) is 116 Å². The molecule has 3 saturated carbocycles. The summed E-state index contributed by atoms with van der Waals surface area (Å²) in [6.45, 7) is 12.2. The van der Waals surface area contributed by atoms with E-state index >= 15 is 0 Å². The molecule has 1 unspecified atom stereocenters. The third kappa shape index (κ3) is 5.17. The first-order valence-electron chi connectivity index (χ1n) is 16.9. The van der Waals surface area contributed by atoms with Crippen molar-refractivity contribution in [1.82, 2.24) is 5.06 Å². The molecule has 4 fully saturated rings. The summed E-state index contributed by atoms with van der Waals surface area (Å²) in [5.74, 6) is 1.85. The Balaban J connectivity index is 1.25. The zero-order valence-corrected chi connectivity index (χ0v) is 26.6. The monoisotopic (exact) mass is 578 g/mol. The van der Waals surface area contributed by atoms with E-state index in [1.807, 2.05) is 23.3 Å². The number of carbonyl (C=O) groups excluding carboxylic acids is 1. The third-order valence-electron chi connectivity index (χ3n) is 13.1. The molecule has 1 saturated heterocycles. The Bertz CT molecular complexity index is 1170. The number of nitrogens with zero attached hydrogens (tertiary/aromatic N) is 2. The Morgan fingerprint density at radius 2 is 1.74 bits per heavy atom. The van der Waals surface area contributed by atoms with Gasteiger partial charge >= 0.3 is 5.97 Å². The molecule has 6 nitrogen and oxygen atoms in total. The lowest BCUT2D eigenvalue weighted by molar-refractivity contribution is -0.211. The Labute approximate surface area is 253 Å². The van der Waals surface area contributed by atoms with Crippen LogP contribution in [0.15, 0.2) is 35.3 Å². The van der Waals surface area contributed by atoms with E-state index in [0.717, 1.165) is 38.5 Å². The Kier molecular flexibility index (Phi) is 8.15. The number of piperidine rings is 1. The maximum Gasteiger partial charge on any atom is 0.357 e. The van der Waals surface area contributed by atoms with Crippen LogP contribution in [0.5, 0.6) is 0 Å². The predicted octanol–water partition coefficient (Wildman–Crippen LogP) is 6.84. The van der Waals surface area contributed by atoms with Crippen molar-refractivity contribution in [3.8, 4) is 0 Å². The topological polar surface area (TPSA) is 82.4 Å². The summed E-state index contributed by atoms with van der Waals surface area (Å²) in [5.41, 5.74) is 2.07. The third-order valence-corrected chi connectivity index (χ3v) is 13.1. The van der Waals surface area contributed by atoms with Gasteiger partial charge in [-0.25, -0.2) is 4.79 Å². The van der Waals surface area contributed by atoms with Crippen molar-refractivity contribution >= 4 is 11.7 Å². The molecule has 6 rings (SSSR count). The molecule has 0 aromatic heterocycles. The highest BCUT2D eigenvalue weighted by Crippen LogP contribution is 2.66. The molecule has 0 amide bonds. The van der Waals surface area contributed by atoms with E-state index in [1.165, 1.54) is 37.8 Å². The minimum atomic E-state index is -0.550. The highest BCUT2D eigenvalue weighted by Gasteiger charge is 2.62. The van der Waals surface area contributed by atoms with E-state index in [1.54, 1.807) is 12.1 Å². The maximum absolute atomic E-state index is 13.1. The second-order valence-corrected chi connectivity index (χ2v) is 15.7. The molecule has 5 aliphatic rings. The molecule has 42 heavy (non-hydrogen) atoms. The van der Waals surface area contributed by atoms with Crippen molar-refractivity contribution in [2.45, 2.75) is 129 Å². The van der Waals surface area contributed by atoms with Crippen LogP contribution in [-0.4, -0.2) is 57.3 Å². The van der Waals surface area contributed by atoms with Crippen molar-refractivity contribution in [2.24, 2.45) is 45.4 Å². The lowest BCUT2D eigenvalue weighted by Gasteiger charge is -2.58. The molecule has 1 spiro atoms. The number of aliphatic hydroxyl groups excluding tert-OH is 2. The number of aliphatic hydroxyl groups is 2. The van der Waals surface area contributed by atoms with Gasteiger partial charge < -0.3 is 15.1 Å². The van der Waals surface area contributed by atoms with Crippen LogP contribution in [0.3, 0.4) is 0 Å². The summed E-state index contributed by atoms with van der Waals surface area (Å²) in [6, 6.07) is 8.93. The smallest absolute Gasteiger partial charge is 0.357 e.